The lowest BCUT2D eigenvalue weighted by atomic mass is 10.1. The van der Waals surface area contributed by atoms with Crippen molar-refractivity contribution in [1.82, 2.24) is 20.4 Å². The summed E-state index contributed by atoms with van der Waals surface area (Å²) in [5.41, 5.74) is 1.83. The average molecular weight is 401 g/mol. The van der Waals surface area contributed by atoms with Crippen LogP contribution in [0.2, 0.25) is 0 Å². The van der Waals surface area contributed by atoms with Gasteiger partial charge in [-0.05, 0) is 36.8 Å². The largest absolute Gasteiger partial charge is 0.350 e. The summed E-state index contributed by atoms with van der Waals surface area (Å²) in [6.45, 7) is 1.95. The summed E-state index contributed by atoms with van der Waals surface area (Å²) in [4.78, 5) is 20.4. The van der Waals surface area contributed by atoms with Crippen molar-refractivity contribution in [2.24, 2.45) is 0 Å². The monoisotopic (exact) mass is 400 g/mol. The van der Waals surface area contributed by atoms with Crippen LogP contribution in [0.5, 0.6) is 0 Å². The Labute approximate surface area is 153 Å². The molecular formula is C18H17BrN4O2. The van der Waals surface area contributed by atoms with E-state index < -0.39 is 0 Å². The highest BCUT2D eigenvalue weighted by atomic mass is 79.9. The Morgan fingerprint density at radius 3 is 2.80 bits per heavy atom. The van der Waals surface area contributed by atoms with E-state index >= 15 is 0 Å². The lowest BCUT2D eigenvalue weighted by Crippen LogP contribution is -2.26. The molecule has 3 aromatic rings. The van der Waals surface area contributed by atoms with Crippen molar-refractivity contribution in [1.29, 1.82) is 0 Å². The molecule has 0 bridgehead atoms. The number of rotatable bonds is 6. The number of carbonyl (C=O) groups is 1. The van der Waals surface area contributed by atoms with Gasteiger partial charge in [0.25, 0.3) is 0 Å². The maximum Gasteiger partial charge on any atom is 0.227 e. The molecule has 128 valence electrons. The van der Waals surface area contributed by atoms with Crippen LogP contribution < -0.4 is 5.32 Å². The molecule has 25 heavy (non-hydrogen) atoms. The van der Waals surface area contributed by atoms with E-state index in [2.05, 4.69) is 36.4 Å². The molecule has 1 aromatic carbocycles. The quantitative estimate of drug-likeness (QED) is 0.681. The first kappa shape index (κ1) is 17.3. The van der Waals surface area contributed by atoms with E-state index in [9.17, 15) is 4.79 Å². The number of halogens is 1. The fourth-order valence-corrected chi connectivity index (χ4v) is 2.60. The van der Waals surface area contributed by atoms with E-state index in [1.165, 1.54) is 0 Å². The normalized spacial score (nSPS) is 11.9. The van der Waals surface area contributed by atoms with Gasteiger partial charge in [-0.15, -0.1) is 0 Å². The zero-order chi connectivity index (χ0) is 17.6. The summed E-state index contributed by atoms with van der Waals surface area (Å²) in [5, 5.41) is 6.89. The van der Waals surface area contributed by atoms with Gasteiger partial charge in [-0.3, -0.25) is 9.78 Å². The Morgan fingerprint density at radius 1 is 1.28 bits per heavy atom. The first-order chi connectivity index (χ1) is 12.1. The van der Waals surface area contributed by atoms with Gasteiger partial charge in [-0.2, -0.15) is 4.98 Å². The molecule has 7 heteroatoms. The zero-order valence-corrected chi connectivity index (χ0v) is 15.2. The second-order valence-electron chi connectivity index (χ2n) is 5.59. The Balaban J connectivity index is 1.52. The van der Waals surface area contributed by atoms with Gasteiger partial charge in [-0.1, -0.05) is 33.2 Å². The van der Waals surface area contributed by atoms with Crippen molar-refractivity contribution in [3.8, 4) is 11.4 Å². The molecular weight excluding hydrogens is 384 g/mol. The Hall–Kier alpha value is -2.54. The molecule has 2 heterocycles. The van der Waals surface area contributed by atoms with Gasteiger partial charge in [0.05, 0.1) is 6.04 Å². The summed E-state index contributed by atoms with van der Waals surface area (Å²) in [5.74, 6) is 0.855. The molecule has 3 rings (SSSR count). The second-order valence-corrected chi connectivity index (χ2v) is 6.51. The predicted molar refractivity (Wildman–Crippen MR) is 96.5 cm³/mol. The molecule has 1 unspecified atom stereocenters. The molecule has 0 saturated heterocycles. The van der Waals surface area contributed by atoms with Gasteiger partial charge < -0.3 is 9.84 Å². The minimum Gasteiger partial charge on any atom is -0.350 e. The lowest BCUT2D eigenvalue weighted by molar-refractivity contribution is -0.121. The van der Waals surface area contributed by atoms with E-state index in [0.717, 1.165) is 15.6 Å². The number of hydrogen-bond acceptors (Lipinski definition) is 5. The van der Waals surface area contributed by atoms with Crippen molar-refractivity contribution in [2.45, 2.75) is 25.8 Å². The third kappa shape index (κ3) is 4.73. The van der Waals surface area contributed by atoms with Gasteiger partial charge in [0.1, 0.15) is 0 Å². The molecule has 0 fully saturated rings. The van der Waals surface area contributed by atoms with Crippen LogP contribution in [0.4, 0.5) is 0 Å². The Bertz CT molecular complexity index is 834. The maximum atomic E-state index is 12.1. The molecule has 1 amide bonds. The number of nitrogens with zero attached hydrogens (tertiary/aromatic N) is 3. The molecule has 0 radical (unpaired) electrons. The minimum atomic E-state index is -0.0609. The van der Waals surface area contributed by atoms with E-state index in [1.807, 2.05) is 43.3 Å². The number of hydrogen-bond donors (Lipinski definition) is 1. The molecule has 0 aliphatic carbocycles. The van der Waals surface area contributed by atoms with Crippen LogP contribution in [0.3, 0.4) is 0 Å². The van der Waals surface area contributed by atoms with Gasteiger partial charge in [0.2, 0.25) is 17.6 Å². The van der Waals surface area contributed by atoms with E-state index in [0.29, 0.717) is 18.1 Å². The van der Waals surface area contributed by atoms with Crippen LogP contribution in [0, 0.1) is 0 Å². The number of pyridine rings is 1. The number of aryl methyl sites for hydroxylation is 1. The standard InChI is InChI=1S/C18H17BrN4O2/c1-12(13-4-6-15(19)7-5-13)21-16(24)8-9-17-22-18(23-25-17)14-3-2-10-20-11-14/h2-7,10-12H,8-9H2,1H3,(H,21,24). The highest BCUT2D eigenvalue weighted by Crippen LogP contribution is 2.17. The number of amides is 1. The summed E-state index contributed by atoms with van der Waals surface area (Å²) in [6.07, 6.45) is 4.03. The van der Waals surface area contributed by atoms with Crippen LogP contribution in [-0.2, 0) is 11.2 Å². The SMILES string of the molecule is CC(NC(=O)CCc1nc(-c2cccnc2)no1)c1ccc(Br)cc1. The first-order valence-electron chi connectivity index (χ1n) is 7.89. The zero-order valence-electron chi connectivity index (χ0n) is 13.6. The molecule has 0 aliphatic rings. The number of aromatic nitrogens is 3. The van der Waals surface area contributed by atoms with Gasteiger partial charge in [0, 0.05) is 35.3 Å². The third-order valence-electron chi connectivity index (χ3n) is 3.70. The van der Waals surface area contributed by atoms with Crippen LogP contribution >= 0.6 is 15.9 Å². The van der Waals surface area contributed by atoms with E-state index in [-0.39, 0.29) is 18.4 Å². The van der Waals surface area contributed by atoms with Crippen molar-refractivity contribution in [2.75, 3.05) is 0 Å². The van der Waals surface area contributed by atoms with Crippen molar-refractivity contribution >= 4 is 21.8 Å². The van der Waals surface area contributed by atoms with Gasteiger partial charge in [-0.25, -0.2) is 0 Å². The fourth-order valence-electron chi connectivity index (χ4n) is 2.34. The molecule has 6 nitrogen and oxygen atoms in total. The molecule has 1 N–H and O–H groups in total. The summed E-state index contributed by atoms with van der Waals surface area (Å²) >= 11 is 3.40. The Morgan fingerprint density at radius 2 is 2.08 bits per heavy atom. The highest BCUT2D eigenvalue weighted by Gasteiger charge is 2.13. The van der Waals surface area contributed by atoms with Crippen LogP contribution in [0.15, 0.2) is 57.8 Å². The van der Waals surface area contributed by atoms with Gasteiger partial charge >= 0.3 is 0 Å². The number of benzene rings is 1. The van der Waals surface area contributed by atoms with Crippen molar-refractivity contribution < 1.29 is 9.32 Å². The first-order valence-corrected chi connectivity index (χ1v) is 8.69. The number of nitrogens with one attached hydrogen (secondary N) is 1. The van der Waals surface area contributed by atoms with Gasteiger partial charge in [0.15, 0.2) is 0 Å². The summed E-state index contributed by atoms with van der Waals surface area (Å²) in [6, 6.07) is 11.5. The van der Waals surface area contributed by atoms with Crippen molar-refractivity contribution in [3.63, 3.8) is 0 Å². The summed E-state index contributed by atoms with van der Waals surface area (Å²) < 4.78 is 6.21. The molecule has 0 spiro atoms. The number of carbonyl (C=O) groups excluding carboxylic acids is 1. The van der Waals surface area contributed by atoms with Crippen LogP contribution in [0.1, 0.15) is 30.8 Å². The highest BCUT2D eigenvalue weighted by molar-refractivity contribution is 9.10. The average Bonchev–Trinajstić information content (AvgIpc) is 3.10. The Kier molecular flexibility index (Phi) is 5.55. The second kappa shape index (κ2) is 8.02. The molecule has 2 aromatic heterocycles. The fraction of sp³-hybridized carbons (Fsp3) is 0.222. The smallest absolute Gasteiger partial charge is 0.227 e. The van der Waals surface area contributed by atoms with Crippen LogP contribution in [-0.4, -0.2) is 21.0 Å². The topological polar surface area (TPSA) is 80.9 Å². The minimum absolute atomic E-state index is 0.0588. The molecule has 1 atom stereocenters. The maximum absolute atomic E-state index is 12.1. The lowest BCUT2D eigenvalue weighted by Gasteiger charge is -2.14. The van der Waals surface area contributed by atoms with E-state index in [1.54, 1.807) is 12.4 Å². The molecule has 0 aliphatic heterocycles. The third-order valence-corrected chi connectivity index (χ3v) is 4.23. The summed E-state index contributed by atoms with van der Waals surface area (Å²) in [7, 11) is 0. The van der Waals surface area contributed by atoms with E-state index in [4.69, 9.17) is 4.52 Å². The molecule has 0 saturated carbocycles. The van der Waals surface area contributed by atoms with Crippen molar-refractivity contribution in [3.05, 3.63) is 64.7 Å². The van der Waals surface area contributed by atoms with Crippen LogP contribution in [0.25, 0.3) is 11.4 Å². The predicted octanol–water partition coefficient (Wildman–Crippen LogP) is 3.70.